The number of aliphatic hydroxyl groups is 1. The van der Waals surface area contributed by atoms with Gasteiger partial charge in [0, 0.05) is 60.1 Å². The van der Waals surface area contributed by atoms with E-state index in [9.17, 15) is 29.4 Å². The maximum Gasteiger partial charge on any atom is 0.326 e. The second kappa shape index (κ2) is 13.4. The van der Waals surface area contributed by atoms with E-state index in [-0.39, 0.29) is 19.3 Å². The number of aromatic amines is 3. The van der Waals surface area contributed by atoms with Crippen LogP contribution in [0.4, 0.5) is 0 Å². The van der Waals surface area contributed by atoms with Gasteiger partial charge in [0.15, 0.2) is 0 Å². The van der Waals surface area contributed by atoms with E-state index >= 15 is 0 Å². The molecular weight excluding hydrogens is 534 g/mol. The second-order valence-electron chi connectivity index (χ2n) is 9.44. The molecule has 3 heterocycles. The number of hydrogen-bond acceptors (Lipinski definition) is 8. The molecule has 4 rings (SSSR count). The highest BCUT2D eigenvalue weighted by molar-refractivity contribution is 5.95. The average molecular weight is 566 g/mol. The predicted molar refractivity (Wildman–Crippen MR) is 145 cm³/mol. The number of carboxylic acid groups (broad SMARTS) is 1. The van der Waals surface area contributed by atoms with Crippen LogP contribution in [-0.2, 0) is 38.4 Å². The number of hydrogen-bond donors (Lipinski definition) is 9. The number of nitrogens with one attached hydrogen (secondary N) is 6. The lowest BCUT2D eigenvalue weighted by molar-refractivity contribution is -0.142. The normalized spacial score (nSPS) is 14.1. The van der Waals surface area contributed by atoms with Crippen LogP contribution in [0.3, 0.4) is 0 Å². The minimum atomic E-state index is -1.42. The van der Waals surface area contributed by atoms with Crippen molar-refractivity contribution in [1.82, 2.24) is 40.9 Å². The van der Waals surface area contributed by atoms with Crippen LogP contribution in [0.15, 0.2) is 55.5 Å². The first-order valence-electron chi connectivity index (χ1n) is 12.7. The molecule has 4 atom stereocenters. The Kier molecular flexibility index (Phi) is 9.44. The van der Waals surface area contributed by atoms with Crippen molar-refractivity contribution in [2.45, 2.75) is 43.4 Å². The molecule has 4 aromatic rings. The molecule has 0 radical (unpaired) electrons. The lowest BCUT2D eigenvalue weighted by Crippen LogP contribution is -2.58. The number of nitrogens with zero attached hydrogens (tertiary/aromatic N) is 2. The maximum atomic E-state index is 13.4. The molecule has 10 N–H and O–H groups in total. The van der Waals surface area contributed by atoms with E-state index in [1.807, 2.05) is 24.3 Å². The van der Waals surface area contributed by atoms with Crippen LogP contribution < -0.4 is 21.7 Å². The Morgan fingerprint density at radius 3 is 2.05 bits per heavy atom. The Balaban J connectivity index is 1.50. The fraction of sp³-hybridized carbons (Fsp3) is 0.308. The molecule has 15 heteroatoms. The summed E-state index contributed by atoms with van der Waals surface area (Å²) in [6.45, 7) is -0.770. The third-order valence-electron chi connectivity index (χ3n) is 6.47. The Labute approximate surface area is 233 Å². The lowest BCUT2D eigenvalue weighted by Gasteiger charge is -2.24. The molecule has 0 saturated heterocycles. The van der Waals surface area contributed by atoms with Crippen LogP contribution in [0.5, 0.6) is 0 Å². The van der Waals surface area contributed by atoms with Crippen molar-refractivity contribution in [3.8, 4) is 0 Å². The summed E-state index contributed by atoms with van der Waals surface area (Å²) in [5.74, 6) is -3.60. The largest absolute Gasteiger partial charge is 0.480 e. The zero-order valence-electron chi connectivity index (χ0n) is 21.8. The summed E-state index contributed by atoms with van der Waals surface area (Å²) in [5.41, 5.74) is 8.53. The molecule has 4 unspecified atom stereocenters. The van der Waals surface area contributed by atoms with Crippen molar-refractivity contribution < 1.29 is 29.4 Å². The smallest absolute Gasteiger partial charge is 0.326 e. The number of fused-ring (bicyclic) bond motifs is 1. The molecule has 216 valence electrons. The van der Waals surface area contributed by atoms with E-state index in [4.69, 9.17) is 5.73 Å². The minimum absolute atomic E-state index is 0.0105. The summed E-state index contributed by atoms with van der Waals surface area (Å²) in [4.78, 5) is 67.5. The standard InChI is InChI=1S/C26H31N9O6/c27-18(6-15-9-28-12-31-15)23(37)35-22(11-36)25(39)33-20(5-14-8-30-19-4-2-1-3-17(14)19)24(38)34-21(26(40)41)7-16-10-29-13-32-16/h1-4,8-10,12-13,18,20-22,30,36H,5-7,11,27H2,(H,28,31)(H,29,32)(H,33,39)(H,34,38)(H,35,37)(H,40,41). The van der Waals surface area contributed by atoms with Crippen LogP contribution in [0, 0.1) is 0 Å². The number of carbonyl (C=O) groups is 4. The molecule has 0 bridgehead atoms. The molecule has 3 aromatic heterocycles. The topological polar surface area (TPSA) is 244 Å². The molecule has 0 aliphatic rings. The van der Waals surface area contributed by atoms with Gasteiger partial charge < -0.3 is 46.8 Å². The fourth-order valence-corrected chi connectivity index (χ4v) is 4.29. The van der Waals surface area contributed by atoms with E-state index < -0.39 is 54.5 Å². The Morgan fingerprint density at radius 1 is 0.805 bits per heavy atom. The number of imidazole rings is 2. The lowest BCUT2D eigenvalue weighted by atomic mass is 10.0. The summed E-state index contributed by atoms with van der Waals surface area (Å²) < 4.78 is 0. The summed E-state index contributed by atoms with van der Waals surface area (Å²) in [5, 5.41) is 27.8. The first kappa shape index (κ1) is 29.0. The molecule has 0 aliphatic heterocycles. The van der Waals surface area contributed by atoms with Crippen LogP contribution in [0.25, 0.3) is 10.9 Å². The molecule has 0 spiro atoms. The number of aliphatic carboxylic acids is 1. The molecular formula is C26H31N9O6. The Morgan fingerprint density at radius 2 is 1.41 bits per heavy atom. The summed E-state index contributed by atoms with van der Waals surface area (Å²) in [6.07, 6.45) is 7.50. The number of amides is 3. The SMILES string of the molecule is NC(Cc1cnc[nH]1)C(=O)NC(CO)C(=O)NC(Cc1c[nH]c2ccccc12)C(=O)NC(Cc1cnc[nH]1)C(=O)O. The third kappa shape index (κ3) is 7.55. The molecule has 15 nitrogen and oxygen atoms in total. The van der Waals surface area contributed by atoms with Crippen LogP contribution >= 0.6 is 0 Å². The molecule has 0 saturated carbocycles. The van der Waals surface area contributed by atoms with Gasteiger partial charge in [-0.3, -0.25) is 14.4 Å². The van der Waals surface area contributed by atoms with Gasteiger partial charge in [0.05, 0.1) is 25.3 Å². The van der Waals surface area contributed by atoms with E-state index in [1.54, 1.807) is 6.20 Å². The van der Waals surface area contributed by atoms with Gasteiger partial charge in [-0.25, -0.2) is 14.8 Å². The highest BCUT2D eigenvalue weighted by Crippen LogP contribution is 2.19. The first-order valence-corrected chi connectivity index (χ1v) is 12.7. The number of carbonyl (C=O) groups excluding carboxylic acids is 3. The van der Waals surface area contributed by atoms with E-state index in [0.717, 1.165) is 10.9 Å². The van der Waals surface area contributed by atoms with Crippen LogP contribution in [0.1, 0.15) is 17.0 Å². The molecule has 3 amide bonds. The summed E-state index contributed by atoms with van der Waals surface area (Å²) in [7, 11) is 0. The molecule has 41 heavy (non-hydrogen) atoms. The van der Waals surface area contributed by atoms with Gasteiger partial charge in [-0.05, 0) is 11.6 Å². The van der Waals surface area contributed by atoms with E-state index in [0.29, 0.717) is 17.0 Å². The van der Waals surface area contributed by atoms with Crippen LogP contribution in [-0.4, -0.2) is 89.6 Å². The number of aromatic nitrogens is 5. The van der Waals surface area contributed by atoms with Gasteiger partial charge in [0.25, 0.3) is 0 Å². The van der Waals surface area contributed by atoms with Gasteiger partial charge >= 0.3 is 5.97 Å². The monoisotopic (exact) mass is 565 g/mol. The van der Waals surface area contributed by atoms with Crippen molar-refractivity contribution in [1.29, 1.82) is 0 Å². The van der Waals surface area contributed by atoms with Crippen LogP contribution in [0.2, 0.25) is 0 Å². The van der Waals surface area contributed by atoms with Crippen molar-refractivity contribution in [2.75, 3.05) is 6.61 Å². The van der Waals surface area contributed by atoms with Crippen molar-refractivity contribution in [3.05, 3.63) is 72.5 Å². The molecule has 0 aliphatic carbocycles. The number of nitrogens with two attached hydrogens (primary N) is 1. The van der Waals surface area contributed by atoms with E-state index in [2.05, 4.69) is 40.9 Å². The summed E-state index contributed by atoms with van der Waals surface area (Å²) >= 11 is 0. The number of carboxylic acids is 1. The Hall–Kier alpha value is -5.02. The number of rotatable bonds is 14. The minimum Gasteiger partial charge on any atom is -0.480 e. The highest BCUT2D eigenvalue weighted by Gasteiger charge is 2.31. The first-order chi connectivity index (χ1) is 19.7. The fourth-order valence-electron chi connectivity index (χ4n) is 4.29. The Bertz CT molecular complexity index is 1470. The molecule has 0 fully saturated rings. The van der Waals surface area contributed by atoms with Gasteiger partial charge in [-0.15, -0.1) is 0 Å². The van der Waals surface area contributed by atoms with Crippen molar-refractivity contribution >= 4 is 34.6 Å². The number of H-pyrrole nitrogens is 3. The molecule has 1 aromatic carbocycles. The number of aliphatic hydroxyl groups excluding tert-OH is 1. The second-order valence-corrected chi connectivity index (χ2v) is 9.44. The third-order valence-corrected chi connectivity index (χ3v) is 6.47. The number of benzene rings is 1. The quantitative estimate of drug-likeness (QED) is 0.0862. The van der Waals surface area contributed by atoms with Gasteiger partial charge in [-0.1, -0.05) is 18.2 Å². The van der Waals surface area contributed by atoms with Gasteiger partial charge in [0.2, 0.25) is 17.7 Å². The van der Waals surface area contributed by atoms with Crippen molar-refractivity contribution in [3.63, 3.8) is 0 Å². The number of para-hydroxylation sites is 1. The summed E-state index contributed by atoms with van der Waals surface area (Å²) in [6, 6.07) is 2.31. The highest BCUT2D eigenvalue weighted by atomic mass is 16.4. The van der Waals surface area contributed by atoms with Gasteiger partial charge in [0.1, 0.15) is 18.1 Å². The van der Waals surface area contributed by atoms with Crippen molar-refractivity contribution in [2.24, 2.45) is 5.73 Å². The van der Waals surface area contributed by atoms with E-state index in [1.165, 1.54) is 25.0 Å². The average Bonchev–Trinajstić information content (AvgIpc) is 3.74. The predicted octanol–water partition coefficient (Wildman–Crippen LogP) is -1.50. The van der Waals surface area contributed by atoms with Gasteiger partial charge in [-0.2, -0.15) is 0 Å². The zero-order chi connectivity index (χ0) is 29.4. The zero-order valence-corrected chi connectivity index (χ0v) is 21.8. The maximum absolute atomic E-state index is 13.4.